The summed E-state index contributed by atoms with van der Waals surface area (Å²) in [6.45, 7) is 0. The molecule has 2 aromatic rings. The SMILES string of the molecule is OC1(Cc2cc(F)cc(Br)c2)CCc2cc(Br)ccc2C1. The van der Waals surface area contributed by atoms with E-state index in [1.54, 1.807) is 0 Å². The molecule has 1 aliphatic carbocycles. The monoisotopic (exact) mass is 412 g/mol. The van der Waals surface area contributed by atoms with Crippen molar-refractivity contribution in [3.05, 3.63) is 67.9 Å². The van der Waals surface area contributed by atoms with Crippen LogP contribution in [0.1, 0.15) is 23.1 Å². The van der Waals surface area contributed by atoms with Gasteiger partial charge in [-0.2, -0.15) is 0 Å². The standard InChI is InChI=1S/C17H15Br2FO/c18-14-2-1-13-10-17(21,4-3-12(13)7-14)9-11-5-15(19)8-16(20)6-11/h1-2,5-8,21H,3-4,9-10H2. The minimum Gasteiger partial charge on any atom is -0.389 e. The van der Waals surface area contributed by atoms with Gasteiger partial charge in [-0.05, 0) is 59.9 Å². The molecule has 1 unspecified atom stereocenters. The number of aryl methyl sites for hydroxylation is 1. The molecular weight excluding hydrogens is 399 g/mol. The summed E-state index contributed by atoms with van der Waals surface area (Å²) >= 11 is 6.78. The number of rotatable bonds is 2. The van der Waals surface area contributed by atoms with Crippen LogP contribution in [0.3, 0.4) is 0 Å². The van der Waals surface area contributed by atoms with Gasteiger partial charge in [-0.25, -0.2) is 4.39 Å². The third kappa shape index (κ3) is 3.55. The molecule has 0 bridgehead atoms. The van der Waals surface area contributed by atoms with Crippen LogP contribution in [0.4, 0.5) is 4.39 Å². The van der Waals surface area contributed by atoms with Crippen LogP contribution in [0.25, 0.3) is 0 Å². The van der Waals surface area contributed by atoms with E-state index in [9.17, 15) is 9.50 Å². The van der Waals surface area contributed by atoms with Gasteiger partial charge in [0.05, 0.1) is 5.60 Å². The summed E-state index contributed by atoms with van der Waals surface area (Å²) in [5.41, 5.74) is 2.50. The fraction of sp³-hybridized carbons (Fsp3) is 0.294. The third-order valence-corrected chi connectivity index (χ3v) is 4.95. The Kier molecular flexibility index (Phi) is 4.21. The summed E-state index contributed by atoms with van der Waals surface area (Å²) in [5.74, 6) is -0.275. The zero-order valence-corrected chi connectivity index (χ0v) is 14.5. The van der Waals surface area contributed by atoms with Gasteiger partial charge in [0.25, 0.3) is 0 Å². The fourth-order valence-electron chi connectivity index (χ4n) is 3.05. The molecule has 0 aromatic heterocycles. The van der Waals surface area contributed by atoms with Crippen molar-refractivity contribution in [2.24, 2.45) is 0 Å². The lowest BCUT2D eigenvalue weighted by atomic mass is 9.77. The molecule has 0 fully saturated rings. The summed E-state index contributed by atoms with van der Waals surface area (Å²) in [4.78, 5) is 0. The lowest BCUT2D eigenvalue weighted by Gasteiger charge is -2.34. The Labute approximate surface area is 140 Å². The largest absolute Gasteiger partial charge is 0.389 e. The summed E-state index contributed by atoms with van der Waals surface area (Å²) in [6, 6.07) is 11.0. The summed E-state index contributed by atoms with van der Waals surface area (Å²) in [5, 5.41) is 10.9. The summed E-state index contributed by atoms with van der Waals surface area (Å²) < 4.78 is 15.3. The van der Waals surface area contributed by atoms with Crippen LogP contribution in [-0.2, 0) is 19.3 Å². The van der Waals surface area contributed by atoms with Gasteiger partial charge in [0.15, 0.2) is 0 Å². The highest BCUT2D eigenvalue weighted by atomic mass is 79.9. The Bertz CT molecular complexity index is 666. The molecule has 110 valence electrons. The first-order chi connectivity index (χ1) is 9.93. The zero-order chi connectivity index (χ0) is 15.0. The van der Waals surface area contributed by atoms with Crippen molar-refractivity contribution in [2.45, 2.75) is 31.3 Å². The number of hydrogen-bond donors (Lipinski definition) is 1. The van der Waals surface area contributed by atoms with Crippen molar-refractivity contribution in [1.82, 2.24) is 0 Å². The van der Waals surface area contributed by atoms with Crippen LogP contribution in [0.2, 0.25) is 0 Å². The van der Waals surface area contributed by atoms with Gasteiger partial charge in [-0.1, -0.05) is 37.9 Å². The molecule has 2 aromatic carbocycles. The lowest BCUT2D eigenvalue weighted by Crippen LogP contribution is -2.38. The van der Waals surface area contributed by atoms with E-state index in [4.69, 9.17) is 0 Å². The highest BCUT2D eigenvalue weighted by molar-refractivity contribution is 9.10. The van der Waals surface area contributed by atoms with Crippen molar-refractivity contribution >= 4 is 31.9 Å². The minimum absolute atomic E-state index is 0.275. The molecule has 0 spiro atoms. The van der Waals surface area contributed by atoms with E-state index in [1.807, 2.05) is 12.1 Å². The van der Waals surface area contributed by atoms with Gasteiger partial charge in [-0.15, -0.1) is 0 Å². The molecule has 0 saturated heterocycles. The minimum atomic E-state index is -0.798. The zero-order valence-electron chi connectivity index (χ0n) is 11.4. The Morgan fingerprint density at radius 3 is 2.62 bits per heavy atom. The van der Waals surface area contributed by atoms with Crippen LogP contribution >= 0.6 is 31.9 Å². The van der Waals surface area contributed by atoms with E-state index in [2.05, 4.69) is 44.0 Å². The maximum atomic E-state index is 13.5. The molecule has 0 radical (unpaired) electrons. The second kappa shape index (κ2) is 5.82. The highest BCUT2D eigenvalue weighted by Gasteiger charge is 2.32. The van der Waals surface area contributed by atoms with Crippen molar-refractivity contribution < 1.29 is 9.50 Å². The Balaban J connectivity index is 1.84. The predicted molar refractivity (Wildman–Crippen MR) is 88.9 cm³/mol. The maximum absolute atomic E-state index is 13.5. The number of fused-ring (bicyclic) bond motifs is 1. The van der Waals surface area contributed by atoms with E-state index >= 15 is 0 Å². The van der Waals surface area contributed by atoms with Crippen molar-refractivity contribution in [3.63, 3.8) is 0 Å². The van der Waals surface area contributed by atoms with Gasteiger partial charge < -0.3 is 5.11 Å². The van der Waals surface area contributed by atoms with Gasteiger partial charge in [0.2, 0.25) is 0 Å². The number of aliphatic hydroxyl groups is 1. The van der Waals surface area contributed by atoms with Crippen LogP contribution in [-0.4, -0.2) is 10.7 Å². The molecule has 0 heterocycles. The first-order valence-corrected chi connectivity index (χ1v) is 8.47. The average molecular weight is 414 g/mol. The molecule has 1 N–H and O–H groups in total. The molecule has 1 atom stereocenters. The molecule has 4 heteroatoms. The Hall–Kier alpha value is -0.710. The fourth-order valence-corrected chi connectivity index (χ4v) is 3.98. The first kappa shape index (κ1) is 15.2. The van der Waals surface area contributed by atoms with Crippen LogP contribution < -0.4 is 0 Å². The number of halogens is 3. The second-order valence-corrected chi connectivity index (χ2v) is 7.60. The molecule has 1 nitrogen and oxygen atoms in total. The Morgan fingerprint density at radius 2 is 1.86 bits per heavy atom. The molecule has 3 rings (SSSR count). The quantitative estimate of drug-likeness (QED) is 0.748. The molecule has 1 aliphatic rings. The predicted octanol–water partition coefficient (Wildman–Crippen LogP) is 4.81. The molecule has 0 aliphatic heterocycles. The van der Waals surface area contributed by atoms with Gasteiger partial charge in [-0.3, -0.25) is 0 Å². The van der Waals surface area contributed by atoms with Crippen molar-refractivity contribution in [2.75, 3.05) is 0 Å². The van der Waals surface area contributed by atoms with Gasteiger partial charge in [0.1, 0.15) is 5.82 Å². The van der Waals surface area contributed by atoms with E-state index in [1.165, 1.54) is 23.3 Å². The van der Waals surface area contributed by atoms with Gasteiger partial charge in [0, 0.05) is 21.8 Å². The average Bonchev–Trinajstić information content (AvgIpc) is 2.37. The van der Waals surface area contributed by atoms with E-state index in [0.717, 1.165) is 16.5 Å². The number of hydrogen-bond acceptors (Lipinski definition) is 1. The molecule has 0 saturated carbocycles. The topological polar surface area (TPSA) is 20.2 Å². The summed E-state index contributed by atoms with van der Waals surface area (Å²) in [6.07, 6.45) is 2.63. The van der Waals surface area contributed by atoms with E-state index < -0.39 is 5.60 Å². The van der Waals surface area contributed by atoms with Crippen LogP contribution in [0.15, 0.2) is 45.3 Å². The second-order valence-electron chi connectivity index (χ2n) is 5.77. The first-order valence-electron chi connectivity index (χ1n) is 6.88. The van der Waals surface area contributed by atoms with Crippen LogP contribution in [0.5, 0.6) is 0 Å². The van der Waals surface area contributed by atoms with E-state index in [-0.39, 0.29) is 5.82 Å². The molecular formula is C17H15Br2FO. The van der Waals surface area contributed by atoms with Crippen molar-refractivity contribution in [3.8, 4) is 0 Å². The van der Waals surface area contributed by atoms with E-state index in [0.29, 0.717) is 23.7 Å². The normalized spacial score (nSPS) is 21.1. The molecule has 0 amide bonds. The van der Waals surface area contributed by atoms with Crippen molar-refractivity contribution in [1.29, 1.82) is 0 Å². The highest BCUT2D eigenvalue weighted by Crippen LogP contribution is 2.33. The third-order valence-electron chi connectivity index (χ3n) is 4.00. The lowest BCUT2D eigenvalue weighted by molar-refractivity contribution is 0.0266. The Morgan fingerprint density at radius 1 is 1.05 bits per heavy atom. The maximum Gasteiger partial charge on any atom is 0.124 e. The number of benzene rings is 2. The molecule has 21 heavy (non-hydrogen) atoms. The van der Waals surface area contributed by atoms with Gasteiger partial charge >= 0.3 is 0 Å². The smallest absolute Gasteiger partial charge is 0.124 e. The summed E-state index contributed by atoms with van der Waals surface area (Å²) in [7, 11) is 0. The van der Waals surface area contributed by atoms with Crippen LogP contribution in [0, 0.1) is 5.82 Å².